The summed E-state index contributed by atoms with van der Waals surface area (Å²) in [6.07, 6.45) is 12.6. The summed E-state index contributed by atoms with van der Waals surface area (Å²) in [4.78, 5) is 2.70. The third kappa shape index (κ3) is 2.63. The largest absolute Gasteiger partial charge is 0.329 e. The number of rotatable bonds is 4. The van der Waals surface area contributed by atoms with Crippen molar-refractivity contribution in [2.45, 2.75) is 64.1 Å². The maximum atomic E-state index is 6.13. The average molecular weight is 276 g/mol. The Morgan fingerprint density at radius 2 is 2.10 bits per heavy atom. The Hall–Kier alpha value is -0.870. The molecule has 1 aromatic rings. The van der Waals surface area contributed by atoms with Gasteiger partial charge in [0.05, 0.1) is 12.2 Å². The van der Waals surface area contributed by atoms with Gasteiger partial charge in [-0.3, -0.25) is 9.58 Å². The zero-order valence-corrected chi connectivity index (χ0v) is 12.7. The Labute approximate surface area is 122 Å². The number of aromatic nitrogens is 2. The minimum atomic E-state index is 0.362. The minimum absolute atomic E-state index is 0.362. The van der Waals surface area contributed by atoms with Crippen LogP contribution in [0.15, 0.2) is 12.4 Å². The molecule has 0 bridgehead atoms. The van der Waals surface area contributed by atoms with Crippen LogP contribution < -0.4 is 5.73 Å². The standard InChI is InChI=1S/C16H28N4/c1-2-19-12-14(11-18-19)16(10-17)20-9-5-7-13-6-3-4-8-15(13)20/h11-13,15-16H,2-10,17H2,1H3. The van der Waals surface area contributed by atoms with Gasteiger partial charge in [0.1, 0.15) is 0 Å². The van der Waals surface area contributed by atoms with Gasteiger partial charge in [-0.1, -0.05) is 12.8 Å². The van der Waals surface area contributed by atoms with E-state index in [1.54, 1.807) is 0 Å². The van der Waals surface area contributed by atoms with E-state index in [4.69, 9.17) is 5.73 Å². The number of nitrogens with zero attached hydrogens (tertiary/aromatic N) is 3. The predicted octanol–water partition coefficient (Wildman–Crippen LogP) is 2.56. The van der Waals surface area contributed by atoms with Gasteiger partial charge in [-0.05, 0) is 45.1 Å². The summed E-state index contributed by atoms with van der Waals surface area (Å²) in [6.45, 7) is 4.98. The molecular weight excluding hydrogens is 248 g/mol. The Bertz CT molecular complexity index is 426. The van der Waals surface area contributed by atoms with Crippen molar-refractivity contribution in [3.63, 3.8) is 0 Å². The molecule has 3 rings (SSSR count). The van der Waals surface area contributed by atoms with Crippen molar-refractivity contribution in [3.8, 4) is 0 Å². The van der Waals surface area contributed by atoms with Crippen molar-refractivity contribution < 1.29 is 0 Å². The van der Waals surface area contributed by atoms with Gasteiger partial charge < -0.3 is 5.73 Å². The molecule has 1 aliphatic heterocycles. The van der Waals surface area contributed by atoms with Crippen molar-refractivity contribution in [2.24, 2.45) is 11.7 Å². The predicted molar refractivity (Wildman–Crippen MR) is 81.4 cm³/mol. The molecule has 4 nitrogen and oxygen atoms in total. The number of hydrogen-bond donors (Lipinski definition) is 1. The van der Waals surface area contributed by atoms with Crippen LogP contribution in [0.25, 0.3) is 0 Å². The number of fused-ring (bicyclic) bond motifs is 1. The van der Waals surface area contributed by atoms with E-state index in [1.165, 1.54) is 50.6 Å². The van der Waals surface area contributed by atoms with Gasteiger partial charge in [-0.25, -0.2) is 0 Å². The molecule has 2 N–H and O–H groups in total. The molecule has 0 aromatic carbocycles. The molecule has 3 unspecified atom stereocenters. The van der Waals surface area contributed by atoms with Crippen LogP contribution in [0.5, 0.6) is 0 Å². The Morgan fingerprint density at radius 3 is 2.85 bits per heavy atom. The third-order valence-electron chi connectivity index (χ3n) is 5.27. The fraction of sp³-hybridized carbons (Fsp3) is 0.812. The van der Waals surface area contributed by atoms with Crippen molar-refractivity contribution in [1.29, 1.82) is 0 Å². The highest BCUT2D eigenvalue weighted by atomic mass is 15.3. The van der Waals surface area contributed by atoms with Crippen LogP contribution in [-0.2, 0) is 6.54 Å². The third-order valence-corrected chi connectivity index (χ3v) is 5.27. The second-order valence-corrected chi connectivity index (χ2v) is 6.37. The van der Waals surface area contributed by atoms with Crippen LogP contribution in [-0.4, -0.2) is 33.8 Å². The van der Waals surface area contributed by atoms with E-state index in [0.717, 1.165) is 18.5 Å². The van der Waals surface area contributed by atoms with Gasteiger partial charge >= 0.3 is 0 Å². The quantitative estimate of drug-likeness (QED) is 0.919. The molecular formula is C16H28N4. The SMILES string of the molecule is CCn1cc(C(CN)N2CCCC3CCCCC32)cn1. The van der Waals surface area contributed by atoms with Gasteiger partial charge in [0, 0.05) is 30.9 Å². The summed E-state index contributed by atoms with van der Waals surface area (Å²) in [7, 11) is 0. The summed E-state index contributed by atoms with van der Waals surface area (Å²) in [5, 5.41) is 4.44. The molecule has 2 fully saturated rings. The van der Waals surface area contributed by atoms with Crippen LogP contribution in [0, 0.1) is 5.92 Å². The molecule has 1 aromatic heterocycles. The normalized spacial score (nSPS) is 29.1. The second-order valence-electron chi connectivity index (χ2n) is 6.37. The van der Waals surface area contributed by atoms with E-state index in [1.807, 2.05) is 10.9 Å². The molecule has 2 aliphatic rings. The number of likely N-dealkylation sites (tertiary alicyclic amines) is 1. The molecule has 0 spiro atoms. The lowest BCUT2D eigenvalue weighted by Crippen LogP contribution is -2.49. The zero-order chi connectivity index (χ0) is 13.9. The highest BCUT2D eigenvalue weighted by molar-refractivity contribution is 5.13. The van der Waals surface area contributed by atoms with Crippen molar-refractivity contribution in [1.82, 2.24) is 14.7 Å². The maximum Gasteiger partial charge on any atom is 0.0538 e. The summed E-state index contributed by atoms with van der Waals surface area (Å²) in [5.41, 5.74) is 7.44. The number of aryl methyl sites for hydroxylation is 1. The van der Waals surface area contributed by atoms with E-state index in [-0.39, 0.29) is 0 Å². The van der Waals surface area contributed by atoms with Gasteiger partial charge in [-0.15, -0.1) is 0 Å². The molecule has 4 heteroatoms. The number of nitrogens with two attached hydrogens (primary N) is 1. The van der Waals surface area contributed by atoms with Gasteiger partial charge in [0.15, 0.2) is 0 Å². The topological polar surface area (TPSA) is 47.1 Å². The van der Waals surface area contributed by atoms with E-state index in [2.05, 4.69) is 23.1 Å². The number of hydrogen-bond acceptors (Lipinski definition) is 3. The summed E-state index contributed by atoms with van der Waals surface area (Å²) in [6, 6.07) is 1.12. The van der Waals surface area contributed by atoms with E-state index in [0.29, 0.717) is 12.6 Å². The zero-order valence-electron chi connectivity index (χ0n) is 12.7. The first-order chi connectivity index (χ1) is 9.83. The maximum absolute atomic E-state index is 6.13. The summed E-state index contributed by atoms with van der Waals surface area (Å²) in [5.74, 6) is 0.910. The lowest BCUT2D eigenvalue weighted by molar-refractivity contribution is 0.0276. The van der Waals surface area contributed by atoms with Gasteiger partial charge in [-0.2, -0.15) is 5.10 Å². The molecule has 1 saturated heterocycles. The highest BCUT2D eigenvalue weighted by Gasteiger charge is 2.36. The smallest absolute Gasteiger partial charge is 0.0538 e. The first-order valence-corrected chi connectivity index (χ1v) is 8.31. The van der Waals surface area contributed by atoms with Gasteiger partial charge in [0.2, 0.25) is 0 Å². The molecule has 1 saturated carbocycles. The van der Waals surface area contributed by atoms with Crippen LogP contribution in [0.4, 0.5) is 0 Å². The lowest BCUT2D eigenvalue weighted by atomic mass is 9.77. The molecule has 20 heavy (non-hydrogen) atoms. The molecule has 2 heterocycles. The second kappa shape index (κ2) is 6.27. The Kier molecular flexibility index (Phi) is 4.41. The van der Waals surface area contributed by atoms with Gasteiger partial charge in [0.25, 0.3) is 0 Å². The fourth-order valence-corrected chi connectivity index (χ4v) is 4.24. The van der Waals surface area contributed by atoms with Crippen LogP contribution in [0.2, 0.25) is 0 Å². The average Bonchev–Trinajstić information content (AvgIpc) is 2.97. The van der Waals surface area contributed by atoms with E-state index < -0.39 is 0 Å². The first-order valence-electron chi connectivity index (χ1n) is 8.31. The Morgan fingerprint density at radius 1 is 1.30 bits per heavy atom. The van der Waals surface area contributed by atoms with Crippen LogP contribution in [0.1, 0.15) is 57.1 Å². The molecule has 0 amide bonds. The van der Waals surface area contributed by atoms with E-state index >= 15 is 0 Å². The lowest BCUT2D eigenvalue weighted by Gasteiger charge is -2.47. The summed E-state index contributed by atoms with van der Waals surface area (Å²) < 4.78 is 2.01. The fourth-order valence-electron chi connectivity index (χ4n) is 4.24. The molecule has 1 aliphatic carbocycles. The molecule has 112 valence electrons. The molecule has 0 radical (unpaired) electrons. The van der Waals surface area contributed by atoms with Crippen molar-refractivity contribution >= 4 is 0 Å². The monoisotopic (exact) mass is 276 g/mol. The summed E-state index contributed by atoms with van der Waals surface area (Å²) >= 11 is 0. The van der Waals surface area contributed by atoms with Crippen LogP contribution in [0.3, 0.4) is 0 Å². The van der Waals surface area contributed by atoms with E-state index in [9.17, 15) is 0 Å². The van der Waals surface area contributed by atoms with Crippen LogP contribution >= 0.6 is 0 Å². The number of piperidine rings is 1. The van der Waals surface area contributed by atoms with Crippen molar-refractivity contribution in [3.05, 3.63) is 18.0 Å². The Balaban J connectivity index is 1.80. The highest BCUT2D eigenvalue weighted by Crippen LogP contribution is 2.39. The molecule has 3 atom stereocenters. The minimum Gasteiger partial charge on any atom is -0.329 e. The first kappa shape index (κ1) is 14.1. The van der Waals surface area contributed by atoms with Crippen molar-refractivity contribution in [2.75, 3.05) is 13.1 Å².